The van der Waals surface area contributed by atoms with Gasteiger partial charge >= 0.3 is 5.97 Å². The molecule has 0 radical (unpaired) electrons. The second kappa shape index (κ2) is 6.79. The number of aliphatic carboxylic acids is 1. The average Bonchev–Trinajstić information content (AvgIpc) is 2.91. The zero-order chi connectivity index (χ0) is 15.3. The second-order valence-corrected chi connectivity index (χ2v) is 7.03. The molecule has 0 aliphatic heterocycles. The van der Waals surface area contributed by atoms with E-state index in [1.807, 2.05) is 5.38 Å². The number of carbonyl (C=O) groups is 1. The number of nitrogens with zero attached hydrogens (tertiary/aromatic N) is 1. The average molecular weight is 326 g/mol. The molecule has 0 atom stereocenters. The van der Waals surface area contributed by atoms with Gasteiger partial charge in [0.2, 0.25) is 10.0 Å². The molecule has 2 rings (SSSR count). The first-order chi connectivity index (χ1) is 9.97. The Bertz CT molecular complexity index is 694. The quantitative estimate of drug-likeness (QED) is 0.799. The molecule has 0 fully saturated rings. The van der Waals surface area contributed by atoms with Crippen LogP contribution in [0.15, 0.2) is 40.7 Å². The van der Waals surface area contributed by atoms with Gasteiger partial charge in [0, 0.05) is 24.5 Å². The normalized spacial score (nSPS) is 11.4. The minimum absolute atomic E-state index is 0.121. The molecule has 0 saturated heterocycles. The van der Waals surface area contributed by atoms with Crippen molar-refractivity contribution in [2.75, 3.05) is 6.54 Å². The summed E-state index contributed by atoms with van der Waals surface area (Å²) < 4.78 is 26.6. The molecule has 8 heteroatoms. The first kappa shape index (κ1) is 15.6. The molecule has 2 aromatic rings. The summed E-state index contributed by atoms with van der Waals surface area (Å²) in [4.78, 5) is 14.8. The highest BCUT2D eigenvalue weighted by Gasteiger charge is 2.13. The molecule has 0 saturated carbocycles. The number of hydrogen-bond donors (Lipinski definition) is 2. The first-order valence-electron chi connectivity index (χ1n) is 6.16. The van der Waals surface area contributed by atoms with E-state index in [0.29, 0.717) is 12.0 Å². The molecule has 0 aliphatic rings. The molecular weight excluding hydrogens is 312 g/mol. The Balaban J connectivity index is 1.96. The van der Waals surface area contributed by atoms with Crippen LogP contribution in [0.1, 0.15) is 10.6 Å². The molecule has 0 aliphatic carbocycles. The van der Waals surface area contributed by atoms with Crippen molar-refractivity contribution in [1.82, 2.24) is 9.71 Å². The predicted molar refractivity (Wildman–Crippen MR) is 78.8 cm³/mol. The van der Waals surface area contributed by atoms with Crippen molar-refractivity contribution >= 4 is 27.3 Å². The van der Waals surface area contributed by atoms with Crippen LogP contribution in [-0.2, 0) is 27.7 Å². The van der Waals surface area contributed by atoms with Crippen LogP contribution in [0, 0.1) is 0 Å². The summed E-state index contributed by atoms with van der Waals surface area (Å²) in [6, 6.07) is 5.82. The van der Waals surface area contributed by atoms with Crippen LogP contribution in [0.25, 0.3) is 0 Å². The topological polar surface area (TPSA) is 96.4 Å². The van der Waals surface area contributed by atoms with Gasteiger partial charge in [-0.05, 0) is 17.7 Å². The fourth-order valence-corrected chi connectivity index (χ4v) is 3.37. The van der Waals surface area contributed by atoms with E-state index in [1.54, 1.807) is 6.20 Å². The van der Waals surface area contributed by atoms with Crippen LogP contribution < -0.4 is 4.72 Å². The molecule has 1 aromatic carbocycles. The Morgan fingerprint density at radius 2 is 2.00 bits per heavy atom. The van der Waals surface area contributed by atoms with Crippen LogP contribution in [0.5, 0.6) is 0 Å². The second-order valence-electron chi connectivity index (χ2n) is 4.29. The fourth-order valence-electron chi connectivity index (χ4n) is 1.71. The molecule has 21 heavy (non-hydrogen) atoms. The maximum atomic E-state index is 12.0. The molecule has 1 heterocycles. The minimum atomic E-state index is -3.58. The molecule has 0 unspecified atom stereocenters. The summed E-state index contributed by atoms with van der Waals surface area (Å²) in [5.41, 5.74) is 0.559. The largest absolute Gasteiger partial charge is 0.481 e. The summed E-state index contributed by atoms with van der Waals surface area (Å²) in [6.07, 6.45) is 2.08. The molecule has 112 valence electrons. The van der Waals surface area contributed by atoms with E-state index in [0.717, 1.165) is 5.01 Å². The summed E-state index contributed by atoms with van der Waals surface area (Å²) in [6.45, 7) is 0.271. The fraction of sp³-hybridized carbons (Fsp3) is 0.231. The molecule has 0 amide bonds. The van der Waals surface area contributed by atoms with E-state index >= 15 is 0 Å². The van der Waals surface area contributed by atoms with Crippen LogP contribution in [0.4, 0.5) is 0 Å². The standard InChI is InChI=1S/C13H14N2O4S2/c16-13(17)9-10-1-3-11(4-2-10)21(18,19)15-6-5-12-14-7-8-20-12/h1-4,7-8,15H,5-6,9H2,(H,16,17). The highest BCUT2D eigenvalue weighted by atomic mass is 32.2. The van der Waals surface area contributed by atoms with Gasteiger partial charge in [-0.3, -0.25) is 4.79 Å². The predicted octanol–water partition coefficient (Wildman–Crippen LogP) is 1.29. The summed E-state index contributed by atoms with van der Waals surface area (Å²) in [5.74, 6) is -0.952. The SMILES string of the molecule is O=C(O)Cc1ccc(S(=O)(=O)NCCc2nccs2)cc1. The van der Waals surface area contributed by atoms with Gasteiger partial charge in [-0.2, -0.15) is 0 Å². The van der Waals surface area contributed by atoms with Crippen molar-refractivity contribution in [2.45, 2.75) is 17.7 Å². The van der Waals surface area contributed by atoms with Crippen molar-refractivity contribution in [3.8, 4) is 0 Å². The number of hydrogen-bond acceptors (Lipinski definition) is 5. The summed E-state index contributed by atoms with van der Waals surface area (Å²) >= 11 is 1.48. The van der Waals surface area contributed by atoms with Crippen LogP contribution in [0.2, 0.25) is 0 Å². The third-order valence-electron chi connectivity index (χ3n) is 2.70. The number of carboxylic acid groups (broad SMARTS) is 1. The Labute approximate surface area is 126 Å². The number of aromatic nitrogens is 1. The van der Waals surface area contributed by atoms with Gasteiger partial charge in [0.1, 0.15) is 0 Å². The minimum Gasteiger partial charge on any atom is -0.481 e. The van der Waals surface area contributed by atoms with Crippen molar-refractivity contribution in [3.63, 3.8) is 0 Å². The highest BCUT2D eigenvalue weighted by Crippen LogP contribution is 2.11. The third-order valence-corrected chi connectivity index (χ3v) is 5.02. The number of sulfonamides is 1. The lowest BCUT2D eigenvalue weighted by Gasteiger charge is -2.06. The number of benzene rings is 1. The Hall–Kier alpha value is -1.77. The van der Waals surface area contributed by atoms with E-state index in [-0.39, 0.29) is 17.9 Å². The van der Waals surface area contributed by atoms with E-state index in [9.17, 15) is 13.2 Å². The number of nitrogens with one attached hydrogen (secondary N) is 1. The lowest BCUT2D eigenvalue weighted by atomic mass is 10.2. The smallest absolute Gasteiger partial charge is 0.307 e. The molecule has 6 nitrogen and oxygen atoms in total. The molecule has 0 bridgehead atoms. The Morgan fingerprint density at radius 3 is 2.57 bits per heavy atom. The zero-order valence-corrected chi connectivity index (χ0v) is 12.7. The van der Waals surface area contributed by atoms with Crippen molar-refractivity contribution in [2.24, 2.45) is 0 Å². The van der Waals surface area contributed by atoms with Gasteiger partial charge in [0.25, 0.3) is 0 Å². The maximum Gasteiger partial charge on any atom is 0.307 e. The maximum absolute atomic E-state index is 12.0. The van der Waals surface area contributed by atoms with Crippen LogP contribution >= 0.6 is 11.3 Å². The van der Waals surface area contributed by atoms with Crippen LogP contribution in [-0.4, -0.2) is 31.0 Å². The lowest BCUT2D eigenvalue weighted by molar-refractivity contribution is -0.136. The van der Waals surface area contributed by atoms with Crippen molar-refractivity contribution in [3.05, 3.63) is 46.4 Å². The monoisotopic (exact) mass is 326 g/mol. The van der Waals surface area contributed by atoms with Gasteiger partial charge in [0.15, 0.2) is 0 Å². The molecule has 0 spiro atoms. The summed E-state index contributed by atoms with van der Waals surface area (Å²) in [5, 5.41) is 11.4. The van der Waals surface area contributed by atoms with Gasteiger partial charge in [-0.15, -0.1) is 11.3 Å². The van der Waals surface area contributed by atoms with Gasteiger partial charge in [0.05, 0.1) is 16.3 Å². The third kappa shape index (κ3) is 4.62. The Morgan fingerprint density at radius 1 is 1.29 bits per heavy atom. The number of thiazole rings is 1. The van der Waals surface area contributed by atoms with Crippen molar-refractivity contribution in [1.29, 1.82) is 0 Å². The van der Waals surface area contributed by atoms with Crippen LogP contribution in [0.3, 0.4) is 0 Å². The first-order valence-corrected chi connectivity index (χ1v) is 8.52. The number of carboxylic acids is 1. The van der Waals surface area contributed by atoms with E-state index in [4.69, 9.17) is 5.11 Å². The lowest BCUT2D eigenvalue weighted by Crippen LogP contribution is -2.26. The van der Waals surface area contributed by atoms with Gasteiger partial charge in [-0.1, -0.05) is 12.1 Å². The van der Waals surface area contributed by atoms with Crippen molar-refractivity contribution < 1.29 is 18.3 Å². The highest BCUT2D eigenvalue weighted by molar-refractivity contribution is 7.89. The molecule has 1 aromatic heterocycles. The van der Waals surface area contributed by atoms with Gasteiger partial charge in [-0.25, -0.2) is 18.1 Å². The Kier molecular flexibility index (Phi) is 5.05. The molecular formula is C13H14N2O4S2. The van der Waals surface area contributed by atoms with Gasteiger partial charge < -0.3 is 5.11 Å². The van der Waals surface area contributed by atoms with E-state index < -0.39 is 16.0 Å². The zero-order valence-electron chi connectivity index (χ0n) is 11.0. The molecule has 2 N–H and O–H groups in total. The summed E-state index contributed by atoms with van der Waals surface area (Å²) in [7, 11) is -3.58. The number of rotatable bonds is 7. The van der Waals surface area contributed by atoms with E-state index in [2.05, 4.69) is 9.71 Å². The van der Waals surface area contributed by atoms with E-state index in [1.165, 1.54) is 35.6 Å².